The van der Waals surface area contributed by atoms with Crippen molar-refractivity contribution in [3.8, 4) is 0 Å². The second-order valence-electron chi connectivity index (χ2n) is 4.04. The molecule has 0 radical (unpaired) electrons. The van der Waals surface area contributed by atoms with E-state index in [2.05, 4.69) is 16.8 Å². The lowest BCUT2D eigenvalue weighted by atomic mass is 10.0. The maximum Gasteiger partial charge on any atom is 0.0439 e. The predicted octanol–water partition coefficient (Wildman–Crippen LogP) is 4.17. The normalized spacial score (nSPS) is 12.6. The van der Waals surface area contributed by atoms with E-state index in [-0.39, 0.29) is 6.04 Å². The molecule has 0 aliphatic rings. The van der Waals surface area contributed by atoms with Gasteiger partial charge in [0.15, 0.2) is 0 Å². The van der Waals surface area contributed by atoms with E-state index in [0.717, 1.165) is 23.4 Å². The highest BCUT2D eigenvalue weighted by Crippen LogP contribution is 2.22. The molecular formula is C13H13Cl2NS. The second-order valence-corrected chi connectivity index (χ2v) is 5.66. The average Bonchev–Trinajstić information content (AvgIpc) is 2.76. The van der Waals surface area contributed by atoms with Gasteiger partial charge in [-0.05, 0) is 59.0 Å². The summed E-state index contributed by atoms with van der Waals surface area (Å²) in [5.74, 6) is 0. The Bertz CT molecular complexity index is 482. The van der Waals surface area contributed by atoms with Crippen LogP contribution in [-0.4, -0.2) is 6.04 Å². The van der Waals surface area contributed by atoms with Gasteiger partial charge in [-0.1, -0.05) is 23.2 Å². The summed E-state index contributed by atoms with van der Waals surface area (Å²) in [5, 5.41) is 5.62. The van der Waals surface area contributed by atoms with Gasteiger partial charge in [-0.3, -0.25) is 0 Å². The Hall–Kier alpha value is -0.540. The Balaban J connectivity index is 2.02. The maximum absolute atomic E-state index is 6.12. The van der Waals surface area contributed by atoms with E-state index < -0.39 is 0 Å². The van der Waals surface area contributed by atoms with Gasteiger partial charge in [0, 0.05) is 16.1 Å². The molecule has 2 aromatic rings. The first-order valence-electron chi connectivity index (χ1n) is 5.36. The van der Waals surface area contributed by atoms with Crippen molar-refractivity contribution in [1.82, 2.24) is 0 Å². The van der Waals surface area contributed by atoms with Crippen molar-refractivity contribution in [1.29, 1.82) is 0 Å². The largest absolute Gasteiger partial charge is 0.327 e. The van der Waals surface area contributed by atoms with Crippen LogP contribution < -0.4 is 5.73 Å². The zero-order valence-corrected chi connectivity index (χ0v) is 11.5. The summed E-state index contributed by atoms with van der Waals surface area (Å²) in [4.78, 5) is 0. The van der Waals surface area contributed by atoms with Gasteiger partial charge in [0.05, 0.1) is 0 Å². The number of thiophene rings is 1. The van der Waals surface area contributed by atoms with Crippen molar-refractivity contribution < 1.29 is 0 Å². The third kappa shape index (κ3) is 3.71. The Morgan fingerprint density at radius 1 is 1.18 bits per heavy atom. The van der Waals surface area contributed by atoms with Crippen LogP contribution in [0.25, 0.3) is 0 Å². The topological polar surface area (TPSA) is 26.0 Å². The molecular weight excluding hydrogens is 273 g/mol. The van der Waals surface area contributed by atoms with Crippen molar-refractivity contribution in [2.75, 3.05) is 0 Å². The molecule has 0 spiro atoms. The minimum Gasteiger partial charge on any atom is -0.327 e. The summed E-state index contributed by atoms with van der Waals surface area (Å²) in [6.07, 6.45) is 1.61. The van der Waals surface area contributed by atoms with Crippen molar-refractivity contribution in [3.63, 3.8) is 0 Å². The fourth-order valence-electron chi connectivity index (χ4n) is 1.77. The highest BCUT2D eigenvalue weighted by molar-refractivity contribution is 7.07. The summed E-state index contributed by atoms with van der Waals surface area (Å²) in [6.45, 7) is 0. The second kappa shape index (κ2) is 5.87. The molecule has 0 aliphatic heterocycles. The molecule has 2 rings (SSSR count). The van der Waals surface area contributed by atoms with Gasteiger partial charge in [-0.2, -0.15) is 11.3 Å². The van der Waals surface area contributed by atoms with E-state index in [4.69, 9.17) is 28.9 Å². The summed E-state index contributed by atoms with van der Waals surface area (Å²) < 4.78 is 0. The molecule has 0 saturated heterocycles. The van der Waals surface area contributed by atoms with E-state index in [1.807, 2.05) is 12.1 Å². The summed E-state index contributed by atoms with van der Waals surface area (Å²) >= 11 is 13.7. The molecule has 4 heteroatoms. The van der Waals surface area contributed by atoms with Crippen LogP contribution in [0, 0.1) is 0 Å². The number of hydrogen-bond donors (Lipinski definition) is 1. The Kier molecular flexibility index (Phi) is 4.46. The molecule has 0 aliphatic carbocycles. The molecule has 0 amide bonds. The molecule has 1 nitrogen and oxygen atoms in total. The predicted molar refractivity (Wildman–Crippen MR) is 76.2 cm³/mol. The van der Waals surface area contributed by atoms with Gasteiger partial charge in [0.25, 0.3) is 0 Å². The van der Waals surface area contributed by atoms with Crippen LogP contribution in [-0.2, 0) is 12.8 Å². The molecule has 1 heterocycles. The quantitative estimate of drug-likeness (QED) is 0.897. The molecule has 0 bridgehead atoms. The van der Waals surface area contributed by atoms with Crippen LogP contribution in [0.1, 0.15) is 11.1 Å². The Morgan fingerprint density at radius 2 is 2.00 bits per heavy atom. The molecule has 0 saturated carbocycles. The zero-order valence-electron chi connectivity index (χ0n) is 9.20. The smallest absolute Gasteiger partial charge is 0.0439 e. The van der Waals surface area contributed by atoms with Gasteiger partial charge in [0.1, 0.15) is 0 Å². The highest BCUT2D eigenvalue weighted by Gasteiger charge is 2.09. The van der Waals surface area contributed by atoms with Gasteiger partial charge in [0.2, 0.25) is 0 Å². The van der Waals surface area contributed by atoms with Crippen molar-refractivity contribution in [3.05, 3.63) is 56.2 Å². The number of halogens is 2. The van der Waals surface area contributed by atoms with Crippen molar-refractivity contribution in [2.24, 2.45) is 5.73 Å². The van der Waals surface area contributed by atoms with Crippen LogP contribution in [0.2, 0.25) is 10.0 Å². The lowest BCUT2D eigenvalue weighted by Crippen LogP contribution is -2.25. The zero-order chi connectivity index (χ0) is 12.3. The number of benzene rings is 1. The summed E-state index contributed by atoms with van der Waals surface area (Å²) in [5.41, 5.74) is 8.41. The van der Waals surface area contributed by atoms with Crippen LogP contribution in [0.5, 0.6) is 0 Å². The molecule has 1 unspecified atom stereocenters. The Morgan fingerprint density at radius 3 is 2.71 bits per heavy atom. The fraction of sp³-hybridized carbons (Fsp3) is 0.231. The Labute approximate surface area is 115 Å². The SMILES string of the molecule is NC(Cc1ccsc1)Cc1cc(Cl)ccc1Cl. The van der Waals surface area contributed by atoms with E-state index >= 15 is 0 Å². The minimum absolute atomic E-state index is 0.0700. The molecule has 0 fully saturated rings. The van der Waals surface area contributed by atoms with E-state index in [1.165, 1.54) is 5.56 Å². The molecule has 2 N–H and O–H groups in total. The number of nitrogens with two attached hydrogens (primary N) is 1. The summed E-state index contributed by atoms with van der Waals surface area (Å²) in [7, 11) is 0. The van der Waals surface area contributed by atoms with Crippen molar-refractivity contribution >= 4 is 34.5 Å². The lowest BCUT2D eigenvalue weighted by molar-refractivity contribution is 0.666. The van der Waals surface area contributed by atoms with Crippen LogP contribution in [0.15, 0.2) is 35.0 Å². The van der Waals surface area contributed by atoms with E-state index in [9.17, 15) is 0 Å². The van der Waals surface area contributed by atoms with Crippen LogP contribution in [0.4, 0.5) is 0 Å². The molecule has 1 aromatic heterocycles. The molecule has 90 valence electrons. The third-order valence-corrected chi connectivity index (χ3v) is 3.90. The average molecular weight is 286 g/mol. The fourth-order valence-corrected chi connectivity index (χ4v) is 2.84. The van der Waals surface area contributed by atoms with Crippen LogP contribution >= 0.6 is 34.5 Å². The minimum atomic E-state index is 0.0700. The molecule has 1 atom stereocenters. The van der Waals surface area contributed by atoms with Gasteiger partial charge >= 0.3 is 0 Å². The van der Waals surface area contributed by atoms with E-state index in [0.29, 0.717) is 5.02 Å². The standard InChI is InChI=1S/C13H13Cl2NS/c14-11-1-2-13(15)10(6-11)7-12(16)5-9-3-4-17-8-9/h1-4,6,8,12H,5,7,16H2. The van der Waals surface area contributed by atoms with Gasteiger partial charge in [-0.25, -0.2) is 0 Å². The van der Waals surface area contributed by atoms with Gasteiger partial charge < -0.3 is 5.73 Å². The summed E-state index contributed by atoms with van der Waals surface area (Å²) in [6, 6.07) is 7.66. The highest BCUT2D eigenvalue weighted by atomic mass is 35.5. The maximum atomic E-state index is 6.12. The number of rotatable bonds is 4. The van der Waals surface area contributed by atoms with Crippen molar-refractivity contribution in [2.45, 2.75) is 18.9 Å². The molecule has 1 aromatic carbocycles. The first kappa shape index (κ1) is 12.9. The van der Waals surface area contributed by atoms with Crippen LogP contribution in [0.3, 0.4) is 0 Å². The monoisotopic (exact) mass is 285 g/mol. The van der Waals surface area contributed by atoms with Gasteiger partial charge in [-0.15, -0.1) is 0 Å². The molecule has 17 heavy (non-hydrogen) atoms. The third-order valence-electron chi connectivity index (χ3n) is 2.57. The van der Waals surface area contributed by atoms with E-state index in [1.54, 1.807) is 17.4 Å². The first-order valence-corrected chi connectivity index (χ1v) is 7.05. The number of hydrogen-bond acceptors (Lipinski definition) is 2. The first-order chi connectivity index (χ1) is 8.15. The lowest BCUT2D eigenvalue weighted by Gasteiger charge is -2.12.